The summed E-state index contributed by atoms with van der Waals surface area (Å²) in [7, 11) is 0. The molecule has 3 amide bonds. The summed E-state index contributed by atoms with van der Waals surface area (Å²) in [4.78, 5) is 51.9. The second-order valence-electron chi connectivity index (χ2n) is 6.58. The molecule has 150 valence electrons. The van der Waals surface area contributed by atoms with Crippen molar-refractivity contribution in [1.82, 2.24) is 15.4 Å². The zero-order valence-corrected chi connectivity index (χ0v) is 16.4. The molecule has 0 aromatic carbocycles. The molecule has 1 aromatic rings. The highest BCUT2D eigenvalue weighted by atomic mass is 35.5. The number of carbonyl (C=O) groups is 4. The van der Waals surface area contributed by atoms with Crippen LogP contribution in [0.15, 0.2) is 10.7 Å². The molecular formula is C17H25ClN4O5. The zero-order valence-electron chi connectivity index (χ0n) is 15.7. The summed E-state index contributed by atoms with van der Waals surface area (Å²) >= 11 is 5.54. The average Bonchev–Trinajstić information content (AvgIpc) is 3.03. The van der Waals surface area contributed by atoms with Crippen LogP contribution in [0, 0.1) is 18.8 Å². The van der Waals surface area contributed by atoms with E-state index in [0.29, 0.717) is 12.3 Å². The molecule has 0 radical (unpaired) electrons. The first-order valence-electron chi connectivity index (χ1n) is 8.54. The number of nitrogens with one attached hydrogen (secondary N) is 1. The van der Waals surface area contributed by atoms with Crippen molar-refractivity contribution in [2.24, 2.45) is 17.6 Å². The number of carbonyl (C=O) groups excluding carboxylic acids is 4. The third-order valence-electron chi connectivity index (χ3n) is 3.71. The molecule has 0 fully saturated rings. The number of alkyl halides is 1. The summed E-state index contributed by atoms with van der Waals surface area (Å²) in [5.41, 5.74) is 7.68. The van der Waals surface area contributed by atoms with E-state index in [0.717, 1.165) is 5.01 Å². The van der Waals surface area contributed by atoms with E-state index in [1.807, 2.05) is 13.8 Å². The van der Waals surface area contributed by atoms with Gasteiger partial charge in [0, 0.05) is 25.7 Å². The molecule has 9 nitrogen and oxygen atoms in total. The molecule has 1 heterocycles. The number of rotatable bonds is 10. The third-order valence-corrected chi connectivity index (χ3v) is 3.93. The molecule has 0 bridgehead atoms. The van der Waals surface area contributed by atoms with Gasteiger partial charge in [-0.05, 0) is 12.3 Å². The Labute approximate surface area is 162 Å². The Hall–Kier alpha value is -2.42. The molecule has 0 unspecified atom stereocenters. The number of nitrogens with two attached hydrogens (primary N) is 1. The van der Waals surface area contributed by atoms with Gasteiger partial charge in [-0.1, -0.05) is 13.8 Å². The molecule has 0 spiro atoms. The lowest BCUT2D eigenvalue weighted by molar-refractivity contribution is -0.142. The second kappa shape index (κ2) is 10.7. The molecule has 10 heteroatoms. The molecular weight excluding hydrogens is 376 g/mol. The number of halogens is 1. The van der Waals surface area contributed by atoms with Crippen LogP contribution in [-0.2, 0) is 14.4 Å². The number of oxazole rings is 1. The maximum atomic E-state index is 12.7. The largest absolute Gasteiger partial charge is 0.449 e. The molecule has 0 aliphatic heterocycles. The predicted octanol–water partition coefficient (Wildman–Crippen LogP) is 1.19. The topological polar surface area (TPSA) is 136 Å². The van der Waals surface area contributed by atoms with Gasteiger partial charge in [0.1, 0.15) is 17.8 Å². The minimum atomic E-state index is -0.686. The number of ketones is 1. The lowest BCUT2D eigenvalue weighted by Crippen LogP contribution is -2.50. The van der Waals surface area contributed by atoms with Crippen LogP contribution < -0.4 is 11.2 Å². The Morgan fingerprint density at radius 1 is 1.33 bits per heavy atom. The molecule has 27 heavy (non-hydrogen) atoms. The van der Waals surface area contributed by atoms with Gasteiger partial charge in [0.05, 0.1) is 6.54 Å². The van der Waals surface area contributed by atoms with Crippen molar-refractivity contribution in [2.75, 3.05) is 12.4 Å². The lowest BCUT2D eigenvalue weighted by Gasteiger charge is -2.25. The van der Waals surface area contributed by atoms with Crippen molar-refractivity contribution in [3.05, 3.63) is 17.8 Å². The fourth-order valence-corrected chi connectivity index (χ4v) is 2.58. The van der Waals surface area contributed by atoms with E-state index < -0.39 is 23.6 Å². The average molecular weight is 401 g/mol. The van der Waals surface area contributed by atoms with Crippen molar-refractivity contribution in [3.63, 3.8) is 0 Å². The first kappa shape index (κ1) is 22.6. The van der Waals surface area contributed by atoms with E-state index in [9.17, 15) is 19.2 Å². The van der Waals surface area contributed by atoms with Crippen LogP contribution in [0.2, 0.25) is 0 Å². The summed E-state index contributed by atoms with van der Waals surface area (Å²) in [6, 6.07) is 0. The highest BCUT2D eigenvalue weighted by Gasteiger charge is 2.27. The number of amides is 3. The van der Waals surface area contributed by atoms with Crippen LogP contribution in [0.1, 0.15) is 49.5 Å². The SMILES string of the molecule is Cc1nc(C(=O)C[C@@H](CC(C)C)C(=O)NN(CCC(N)=O)C(=O)CCl)co1. The van der Waals surface area contributed by atoms with Gasteiger partial charge in [-0.3, -0.25) is 29.6 Å². The Morgan fingerprint density at radius 3 is 2.48 bits per heavy atom. The molecule has 0 saturated carbocycles. The maximum absolute atomic E-state index is 12.7. The Morgan fingerprint density at radius 2 is 2.00 bits per heavy atom. The molecule has 1 aromatic heterocycles. The number of nitrogens with zero attached hydrogens (tertiary/aromatic N) is 2. The van der Waals surface area contributed by atoms with Crippen molar-refractivity contribution < 1.29 is 23.6 Å². The Bertz CT molecular complexity index is 689. The normalized spacial score (nSPS) is 11.9. The van der Waals surface area contributed by atoms with E-state index in [1.54, 1.807) is 6.92 Å². The fraction of sp³-hybridized carbons (Fsp3) is 0.588. The van der Waals surface area contributed by atoms with E-state index >= 15 is 0 Å². The second-order valence-corrected chi connectivity index (χ2v) is 6.84. The van der Waals surface area contributed by atoms with Crippen LogP contribution in [0.25, 0.3) is 0 Å². The molecule has 3 N–H and O–H groups in total. The van der Waals surface area contributed by atoms with Gasteiger partial charge < -0.3 is 10.2 Å². The van der Waals surface area contributed by atoms with E-state index in [-0.39, 0.29) is 42.7 Å². The van der Waals surface area contributed by atoms with Crippen molar-refractivity contribution in [3.8, 4) is 0 Å². The smallest absolute Gasteiger partial charge is 0.255 e. The zero-order chi connectivity index (χ0) is 20.6. The first-order chi connectivity index (χ1) is 12.6. The van der Waals surface area contributed by atoms with Gasteiger partial charge in [-0.15, -0.1) is 11.6 Å². The number of hydrazine groups is 1. The van der Waals surface area contributed by atoms with Crippen LogP contribution in [0.3, 0.4) is 0 Å². The number of aryl methyl sites for hydroxylation is 1. The first-order valence-corrected chi connectivity index (χ1v) is 9.07. The molecule has 0 saturated heterocycles. The summed E-state index contributed by atoms with van der Waals surface area (Å²) in [6.07, 6.45) is 1.45. The molecule has 0 aliphatic rings. The van der Waals surface area contributed by atoms with Gasteiger partial charge in [0.15, 0.2) is 11.7 Å². The molecule has 1 rings (SSSR count). The lowest BCUT2D eigenvalue weighted by atomic mass is 9.91. The fourth-order valence-electron chi connectivity index (χ4n) is 2.43. The maximum Gasteiger partial charge on any atom is 0.255 e. The van der Waals surface area contributed by atoms with Gasteiger partial charge in [0.2, 0.25) is 11.8 Å². The quantitative estimate of drug-likeness (QED) is 0.344. The van der Waals surface area contributed by atoms with Crippen LogP contribution in [0.5, 0.6) is 0 Å². The van der Waals surface area contributed by atoms with Crippen molar-refractivity contribution in [2.45, 2.75) is 40.0 Å². The van der Waals surface area contributed by atoms with Crippen LogP contribution in [-0.4, -0.2) is 45.9 Å². The summed E-state index contributed by atoms with van der Waals surface area (Å²) < 4.78 is 5.03. The molecule has 0 aliphatic carbocycles. The number of hydrogen-bond acceptors (Lipinski definition) is 6. The Kier molecular flexibility index (Phi) is 8.93. The number of primary amides is 1. The van der Waals surface area contributed by atoms with Crippen LogP contribution in [0.4, 0.5) is 0 Å². The highest BCUT2D eigenvalue weighted by Crippen LogP contribution is 2.19. The van der Waals surface area contributed by atoms with E-state index in [2.05, 4.69) is 10.4 Å². The van der Waals surface area contributed by atoms with Gasteiger partial charge in [-0.2, -0.15) is 0 Å². The number of aromatic nitrogens is 1. The standard InChI is InChI=1S/C17H25ClN4O5/c1-10(2)6-12(7-14(23)13-9-27-11(3)20-13)17(26)21-22(16(25)8-18)5-4-15(19)24/h9-10,12H,4-8H2,1-3H3,(H2,19,24)(H,21,26)/t12-/m1/s1. The minimum Gasteiger partial charge on any atom is -0.449 e. The third kappa shape index (κ3) is 7.78. The Balaban J connectivity index is 2.86. The predicted molar refractivity (Wildman–Crippen MR) is 97.5 cm³/mol. The van der Waals surface area contributed by atoms with Crippen molar-refractivity contribution >= 4 is 35.1 Å². The number of hydrogen-bond donors (Lipinski definition) is 2. The van der Waals surface area contributed by atoms with Gasteiger partial charge >= 0.3 is 0 Å². The van der Waals surface area contributed by atoms with Crippen molar-refractivity contribution in [1.29, 1.82) is 0 Å². The molecule has 1 atom stereocenters. The van der Waals surface area contributed by atoms with Gasteiger partial charge in [0.25, 0.3) is 5.91 Å². The van der Waals surface area contributed by atoms with E-state index in [1.165, 1.54) is 6.26 Å². The summed E-state index contributed by atoms with van der Waals surface area (Å²) in [5, 5.41) is 0.956. The van der Waals surface area contributed by atoms with E-state index in [4.69, 9.17) is 21.8 Å². The summed E-state index contributed by atoms with van der Waals surface area (Å²) in [6.45, 7) is 5.35. The van der Waals surface area contributed by atoms with Gasteiger partial charge in [-0.25, -0.2) is 4.98 Å². The highest BCUT2D eigenvalue weighted by molar-refractivity contribution is 6.27. The minimum absolute atomic E-state index is 0.0886. The summed E-state index contributed by atoms with van der Waals surface area (Å²) in [5.74, 6) is -2.61. The van der Waals surface area contributed by atoms with Crippen LogP contribution >= 0.6 is 11.6 Å². The monoisotopic (exact) mass is 400 g/mol. The number of Topliss-reactive ketones (excluding diaryl/α,β-unsaturated/α-hetero) is 1.